The van der Waals surface area contributed by atoms with Crippen LogP contribution in [0, 0.1) is 20.8 Å². The maximum Gasteiger partial charge on any atom is 0.131 e. The summed E-state index contributed by atoms with van der Waals surface area (Å²) in [5.74, 6) is 0. The molecule has 0 aliphatic carbocycles. The highest BCUT2D eigenvalue weighted by Gasteiger charge is 2.10. The average Bonchev–Trinajstić information content (AvgIpc) is 2.76. The van der Waals surface area contributed by atoms with Crippen LogP contribution in [0.2, 0.25) is 0 Å². The first-order valence-electron chi connectivity index (χ1n) is 6.16. The van der Waals surface area contributed by atoms with Crippen LogP contribution < -0.4 is 5.32 Å². The fourth-order valence-corrected chi connectivity index (χ4v) is 2.66. The van der Waals surface area contributed by atoms with Crippen LogP contribution >= 0.6 is 11.3 Å². The number of hydrogen-bond acceptors (Lipinski definition) is 4. The SMILES string of the molecule is Cc1nnc(CN[C@H](C)c2cccc(C)c2C)s1. The second-order valence-electron chi connectivity index (χ2n) is 4.61. The van der Waals surface area contributed by atoms with Gasteiger partial charge in [-0.05, 0) is 44.4 Å². The third-order valence-corrected chi connectivity index (χ3v) is 4.08. The van der Waals surface area contributed by atoms with Gasteiger partial charge in [0.15, 0.2) is 0 Å². The molecule has 0 aliphatic heterocycles. The van der Waals surface area contributed by atoms with Gasteiger partial charge in [0.2, 0.25) is 0 Å². The lowest BCUT2D eigenvalue weighted by molar-refractivity contribution is 0.568. The van der Waals surface area contributed by atoms with E-state index in [2.05, 4.69) is 54.5 Å². The van der Waals surface area contributed by atoms with Crippen LogP contribution in [0.15, 0.2) is 18.2 Å². The molecule has 0 bridgehead atoms. The Balaban J connectivity index is 2.03. The number of nitrogens with zero attached hydrogens (tertiary/aromatic N) is 2. The second kappa shape index (κ2) is 5.59. The molecule has 0 unspecified atom stereocenters. The Morgan fingerprint density at radius 2 is 2.00 bits per heavy atom. The van der Waals surface area contributed by atoms with E-state index < -0.39 is 0 Å². The Morgan fingerprint density at radius 1 is 1.22 bits per heavy atom. The molecule has 0 fully saturated rings. The largest absolute Gasteiger partial charge is 0.304 e. The van der Waals surface area contributed by atoms with Crippen LogP contribution in [0.3, 0.4) is 0 Å². The maximum absolute atomic E-state index is 4.13. The average molecular weight is 261 g/mol. The molecule has 2 aromatic rings. The number of aryl methyl sites for hydroxylation is 2. The summed E-state index contributed by atoms with van der Waals surface area (Å²) in [5.41, 5.74) is 4.06. The number of nitrogens with one attached hydrogen (secondary N) is 1. The summed E-state index contributed by atoms with van der Waals surface area (Å²) >= 11 is 1.65. The van der Waals surface area contributed by atoms with E-state index in [0.717, 1.165) is 16.6 Å². The van der Waals surface area contributed by atoms with Crippen LogP contribution in [0.4, 0.5) is 0 Å². The number of benzene rings is 1. The highest BCUT2D eigenvalue weighted by molar-refractivity contribution is 7.11. The number of hydrogen-bond donors (Lipinski definition) is 1. The van der Waals surface area contributed by atoms with E-state index in [-0.39, 0.29) is 0 Å². The van der Waals surface area contributed by atoms with Gasteiger partial charge in [-0.15, -0.1) is 21.5 Å². The first-order valence-corrected chi connectivity index (χ1v) is 6.98. The highest BCUT2D eigenvalue weighted by atomic mass is 32.1. The van der Waals surface area contributed by atoms with Gasteiger partial charge in [-0.25, -0.2) is 0 Å². The predicted molar refractivity (Wildman–Crippen MR) is 75.8 cm³/mol. The van der Waals surface area contributed by atoms with Crippen LogP contribution in [-0.2, 0) is 6.54 Å². The molecule has 0 saturated heterocycles. The molecule has 1 heterocycles. The Morgan fingerprint density at radius 3 is 2.67 bits per heavy atom. The first kappa shape index (κ1) is 13.2. The van der Waals surface area contributed by atoms with E-state index in [4.69, 9.17) is 0 Å². The molecule has 1 aromatic carbocycles. The Labute approximate surface area is 112 Å². The normalized spacial score (nSPS) is 12.7. The summed E-state index contributed by atoms with van der Waals surface area (Å²) in [6, 6.07) is 6.78. The van der Waals surface area contributed by atoms with E-state index in [0.29, 0.717) is 6.04 Å². The Bertz CT molecular complexity index is 534. The van der Waals surface area contributed by atoms with Gasteiger partial charge in [-0.3, -0.25) is 0 Å². The Hall–Kier alpha value is -1.26. The minimum absolute atomic E-state index is 0.328. The number of rotatable bonds is 4. The highest BCUT2D eigenvalue weighted by Crippen LogP contribution is 2.20. The molecule has 2 rings (SSSR count). The smallest absolute Gasteiger partial charge is 0.131 e. The zero-order chi connectivity index (χ0) is 13.1. The van der Waals surface area contributed by atoms with E-state index in [1.807, 2.05) is 6.92 Å². The van der Waals surface area contributed by atoms with Gasteiger partial charge in [0.05, 0.1) is 6.54 Å². The lowest BCUT2D eigenvalue weighted by Gasteiger charge is -2.17. The quantitative estimate of drug-likeness (QED) is 0.917. The van der Waals surface area contributed by atoms with E-state index >= 15 is 0 Å². The summed E-state index contributed by atoms with van der Waals surface area (Å²) in [4.78, 5) is 0. The third kappa shape index (κ3) is 2.94. The summed E-state index contributed by atoms with van der Waals surface area (Å²) < 4.78 is 0. The van der Waals surface area contributed by atoms with Crippen molar-refractivity contribution in [3.8, 4) is 0 Å². The fourth-order valence-electron chi connectivity index (χ4n) is 2.00. The zero-order valence-corrected chi connectivity index (χ0v) is 12.1. The molecule has 96 valence electrons. The van der Waals surface area contributed by atoms with Gasteiger partial charge >= 0.3 is 0 Å². The predicted octanol–water partition coefficient (Wildman–Crippen LogP) is 3.31. The van der Waals surface area contributed by atoms with Crippen molar-refractivity contribution >= 4 is 11.3 Å². The lowest BCUT2D eigenvalue weighted by atomic mass is 9.98. The standard InChI is InChI=1S/C14H19N3S/c1-9-6-5-7-13(10(9)2)11(3)15-8-14-17-16-12(4)18-14/h5-7,11,15H,8H2,1-4H3/t11-/m1/s1. The summed E-state index contributed by atoms with van der Waals surface area (Å²) in [6.07, 6.45) is 0. The maximum atomic E-state index is 4.13. The topological polar surface area (TPSA) is 37.8 Å². The molecule has 1 aromatic heterocycles. The molecule has 0 radical (unpaired) electrons. The van der Waals surface area contributed by atoms with Gasteiger partial charge in [-0.1, -0.05) is 18.2 Å². The molecule has 4 heteroatoms. The van der Waals surface area contributed by atoms with Crippen molar-refractivity contribution in [2.24, 2.45) is 0 Å². The second-order valence-corrected chi connectivity index (χ2v) is 5.87. The van der Waals surface area contributed by atoms with Crippen molar-refractivity contribution in [2.45, 2.75) is 40.3 Å². The minimum Gasteiger partial charge on any atom is -0.304 e. The van der Waals surface area contributed by atoms with Crippen LogP contribution in [0.1, 0.15) is 39.7 Å². The molecule has 1 N–H and O–H groups in total. The van der Waals surface area contributed by atoms with Crippen molar-refractivity contribution in [1.29, 1.82) is 0 Å². The van der Waals surface area contributed by atoms with Gasteiger partial charge in [-0.2, -0.15) is 0 Å². The first-order chi connectivity index (χ1) is 8.58. The summed E-state index contributed by atoms with van der Waals surface area (Å²) in [5, 5.41) is 13.7. The van der Waals surface area contributed by atoms with Crippen molar-refractivity contribution in [2.75, 3.05) is 0 Å². The van der Waals surface area contributed by atoms with Gasteiger partial charge in [0.1, 0.15) is 10.0 Å². The van der Waals surface area contributed by atoms with Crippen molar-refractivity contribution in [1.82, 2.24) is 15.5 Å². The van der Waals surface area contributed by atoms with Crippen LogP contribution in [0.25, 0.3) is 0 Å². The Kier molecular flexibility index (Phi) is 4.09. The van der Waals surface area contributed by atoms with E-state index in [1.54, 1.807) is 11.3 Å². The van der Waals surface area contributed by atoms with E-state index in [9.17, 15) is 0 Å². The molecule has 1 atom stereocenters. The molecule has 0 spiro atoms. The lowest BCUT2D eigenvalue weighted by Crippen LogP contribution is -2.19. The third-order valence-electron chi connectivity index (χ3n) is 3.24. The molecule has 0 aliphatic rings. The van der Waals surface area contributed by atoms with E-state index in [1.165, 1.54) is 16.7 Å². The monoisotopic (exact) mass is 261 g/mol. The molecule has 3 nitrogen and oxygen atoms in total. The van der Waals surface area contributed by atoms with Gasteiger partial charge in [0.25, 0.3) is 0 Å². The van der Waals surface area contributed by atoms with Crippen molar-refractivity contribution in [3.05, 3.63) is 44.9 Å². The molecule has 0 saturated carbocycles. The number of aromatic nitrogens is 2. The zero-order valence-electron chi connectivity index (χ0n) is 11.3. The molecule has 18 heavy (non-hydrogen) atoms. The van der Waals surface area contributed by atoms with Crippen LogP contribution in [0.5, 0.6) is 0 Å². The summed E-state index contributed by atoms with van der Waals surface area (Å²) in [7, 11) is 0. The van der Waals surface area contributed by atoms with Crippen molar-refractivity contribution < 1.29 is 0 Å². The molecule has 0 amide bonds. The minimum atomic E-state index is 0.328. The van der Waals surface area contributed by atoms with Crippen molar-refractivity contribution in [3.63, 3.8) is 0 Å². The summed E-state index contributed by atoms with van der Waals surface area (Å²) in [6.45, 7) is 9.28. The van der Waals surface area contributed by atoms with Gasteiger partial charge < -0.3 is 5.32 Å². The molecular weight excluding hydrogens is 242 g/mol. The fraction of sp³-hybridized carbons (Fsp3) is 0.429. The molecular formula is C14H19N3S. The van der Waals surface area contributed by atoms with Crippen LogP contribution in [-0.4, -0.2) is 10.2 Å². The van der Waals surface area contributed by atoms with Gasteiger partial charge in [0, 0.05) is 6.04 Å².